The fourth-order valence-electron chi connectivity index (χ4n) is 3.09. The Morgan fingerprint density at radius 3 is 2.88 bits per heavy atom. The zero-order chi connectivity index (χ0) is 18.0. The van der Waals surface area contributed by atoms with Crippen molar-refractivity contribution in [1.29, 1.82) is 5.26 Å². The molecule has 0 bridgehead atoms. The molecule has 2 heterocycles. The summed E-state index contributed by atoms with van der Waals surface area (Å²) in [7, 11) is 0. The number of nitriles is 1. The minimum absolute atomic E-state index is 0.137. The quantitative estimate of drug-likeness (QED) is 0.718. The van der Waals surface area contributed by atoms with Crippen LogP contribution in [0.25, 0.3) is 10.9 Å². The van der Waals surface area contributed by atoms with Gasteiger partial charge in [0.15, 0.2) is 5.82 Å². The zero-order valence-corrected chi connectivity index (χ0v) is 14.6. The number of pyridine rings is 1. The molecule has 0 aromatic carbocycles. The molecule has 1 fully saturated rings. The monoisotopic (exact) mass is 337 g/mol. The molecule has 1 saturated carbocycles. The van der Waals surface area contributed by atoms with E-state index < -0.39 is 0 Å². The molecule has 0 radical (unpaired) electrons. The van der Waals surface area contributed by atoms with Gasteiger partial charge in [-0.1, -0.05) is 12.2 Å². The maximum absolute atomic E-state index is 9.15. The number of nitrogens with one attached hydrogen (secondary N) is 2. The Morgan fingerprint density at radius 1 is 1.44 bits per heavy atom. The van der Waals surface area contributed by atoms with Gasteiger partial charge in [-0.3, -0.25) is 0 Å². The number of aromatic nitrogens is 3. The van der Waals surface area contributed by atoms with E-state index >= 15 is 0 Å². The van der Waals surface area contributed by atoms with E-state index in [2.05, 4.69) is 38.2 Å². The molecule has 0 saturated heterocycles. The van der Waals surface area contributed by atoms with E-state index in [9.17, 15) is 0 Å². The third-order valence-electron chi connectivity index (χ3n) is 4.43. The normalized spacial score (nSPS) is 20.0. The molecule has 2 atom stereocenters. The number of fused-ring (bicyclic) bond motifs is 1. The van der Waals surface area contributed by atoms with Crippen molar-refractivity contribution in [1.82, 2.24) is 15.0 Å². The first-order valence-electron chi connectivity index (χ1n) is 8.49. The first-order chi connectivity index (χ1) is 12.0. The summed E-state index contributed by atoms with van der Waals surface area (Å²) in [5.74, 6) is 1.36. The molecule has 4 N–H and O–H groups in total. The Hall–Kier alpha value is -2.72. The highest BCUT2D eigenvalue weighted by molar-refractivity contribution is 5.89. The van der Waals surface area contributed by atoms with Gasteiger partial charge in [-0.2, -0.15) is 5.26 Å². The summed E-state index contributed by atoms with van der Waals surface area (Å²) < 4.78 is 0. The summed E-state index contributed by atoms with van der Waals surface area (Å²) in [4.78, 5) is 13.3. The number of hydrogen-bond acceptors (Lipinski definition) is 7. The lowest BCUT2D eigenvalue weighted by Gasteiger charge is -2.17. The number of hydrogen-bond donors (Lipinski definition) is 3. The van der Waals surface area contributed by atoms with E-state index in [1.165, 1.54) is 5.57 Å². The van der Waals surface area contributed by atoms with Gasteiger partial charge in [-0.05, 0) is 32.8 Å². The van der Waals surface area contributed by atoms with Crippen molar-refractivity contribution in [3.05, 3.63) is 30.1 Å². The second kappa shape index (κ2) is 7.03. The van der Waals surface area contributed by atoms with Crippen LogP contribution in [0.5, 0.6) is 0 Å². The average Bonchev–Trinajstić information content (AvgIpc) is 2.90. The summed E-state index contributed by atoms with van der Waals surface area (Å²) in [6.45, 7) is 8.80. The summed E-state index contributed by atoms with van der Waals surface area (Å²) in [5, 5.41) is 16.4. The van der Waals surface area contributed by atoms with E-state index in [0.717, 1.165) is 18.2 Å². The first-order valence-corrected chi connectivity index (χ1v) is 8.49. The van der Waals surface area contributed by atoms with Crippen LogP contribution in [-0.2, 0) is 0 Å². The molecule has 0 aliphatic heterocycles. The second-order valence-corrected chi connectivity index (χ2v) is 6.75. The molecular formula is C18H23N7. The van der Waals surface area contributed by atoms with Crippen LogP contribution in [0.2, 0.25) is 0 Å². The predicted molar refractivity (Wildman–Crippen MR) is 99.1 cm³/mol. The molecule has 25 heavy (non-hydrogen) atoms. The molecular weight excluding hydrogens is 314 g/mol. The minimum Gasteiger partial charge on any atom is -0.366 e. The SMILES string of the molecule is C=C1CC[C@H](N)C1CNc1ncc2cc(C#N)nc(NC(C)C)c2n1. The van der Waals surface area contributed by atoms with Crippen LogP contribution in [0.1, 0.15) is 32.4 Å². The highest BCUT2D eigenvalue weighted by Gasteiger charge is 2.27. The van der Waals surface area contributed by atoms with Crippen LogP contribution >= 0.6 is 0 Å². The lowest BCUT2D eigenvalue weighted by molar-refractivity contribution is 0.553. The molecule has 3 rings (SSSR count). The standard InChI is InChI=1S/C18H23N7/c1-10(2)23-17-16-12(6-13(7-19)24-17)8-21-18(25-16)22-9-14-11(3)4-5-15(14)20/h6,8,10,14-15H,3-5,9,20H2,1-2H3,(H,23,24)(H,21,22,25)/t14?,15-/m0/s1. The molecule has 7 nitrogen and oxygen atoms in total. The van der Waals surface area contributed by atoms with Gasteiger partial charge in [0.2, 0.25) is 5.95 Å². The number of anilines is 2. The Kier molecular flexibility index (Phi) is 4.81. The highest BCUT2D eigenvalue weighted by Crippen LogP contribution is 2.29. The van der Waals surface area contributed by atoms with Crippen LogP contribution in [0.15, 0.2) is 24.4 Å². The van der Waals surface area contributed by atoms with Crippen molar-refractivity contribution >= 4 is 22.7 Å². The van der Waals surface area contributed by atoms with E-state index in [1.807, 2.05) is 13.8 Å². The molecule has 2 aromatic rings. The molecule has 0 amide bonds. The number of nitrogens with two attached hydrogens (primary N) is 1. The lowest BCUT2D eigenvalue weighted by atomic mass is 10.0. The lowest BCUT2D eigenvalue weighted by Crippen LogP contribution is -2.30. The van der Waals surface area contributed by atoms with E-state index in [1.54, 1.807) is 12.3 Å². The molecule has 130 valence electrons. The van der Waals surface area contributed by atoms with Crippen LogP contribution in [0.3, 0.4) is 0 Å². The van der Waals surface area contributed by atoms with Crippen molar-refractivity contribution in [2.45, 2.75) is 38.8 Å². The van der Waals surface area contributed by atoms with Gasteiger partial charge in [-0.25, -0.2) is 15.0 Å². The highest BCUT2D eigenvalue weighted by atomic mass is 15.1. The van der Waals surface area contributed by atoms with Crippen LogP contribution < -0.4 is 16.4 Å². The molecule has 7 heteroatoms. The average molecular weight is 337 g/mol. The van der Waals surface area contributed by atoms with Gasteiger partial charge in [0, 0.05) is 36.1 Å². The van der Waals surface area contributed by atoms with Gasteiger partial charge in [0.25, 0.3) is 0 Å². The van der Waals surface area contributed by atoms with Gasteiger partial charge in [-0.15, -0.1) is 0 Å². The summed E-state index contributed by atoms with van der Waals surface area (Å²) >= 11 is 0. The summed E-state index contributed by atoms with van der Waals surface area (Å²) in [6.07, 6.45) is 3.67. The van der Waals surface area contributed by atoms with Crippen molar-refractivity contribution in [3.8, 4) is 6.07 Å². The van der Waals surface area contributed by atoms with E-state index in [-0.39, 0.29) is 18.0 Å². The number of nitrogens with zero attached hydrogens (tertiary/aromatic N) is 4. The Morgan fingerprint density at radius 2 is 2.24 bits per heavy atom. The molecule has 1 aliphatic rings. The van der Waals surface area contributed by atoms with Crippen molar-refractivity contribution in [2.24, 2.45) is 11.7 Å². The predicted octanol–water partition coefficient (Wildman–Crippen LogP) is 2.42. The van der Waals surface area contributed by atoms with Gasteiger partial charge < -0.3 is 16.4 Å². The fourth-order valence-corrected chi connectivity index (χ4v) is 3.09. The van der Waals surface area contributed by atoms with Crippen molar-refractivity contribution in [3.63, 3.8) is 0 Å². The molecule has 2 aromatic heterocycles. The Bertz CT molecular complexity index is 837. The first kappa shape index (κ1) is 17.1. The van der Waals surface area contributed by atoms with Crippen LogP contribution in [0, 0.1) is 17.2 Å². The third-order valence-corrected chi connectivity index (χ3v) is 4.43. The third kappa shape index (κ3) is 3.69. The number of rotatable bonds is 5. The van der Waals surface area contributed by atoms with Crippen LogP contribution in [-0.4, -0.2) is 33.6 Å². The smallest absolute Gasteiger partial charge is 0.223 e. The van der Waals surface area contributed by atoms with E-state index in [4.69, 9.17) is 11.0 Å². The summed E-state index contributed by atoms with van der Waals surface area (Å²) in [5.41, 5.74) is 8.36. The topological polar surface area (TPSA) is 113 Å². The molecule has 1 unspecified atom stereocenters. The van der Waals surface area contributed by atoms with Crippen molar-refractivity contribution in [2.75, 3.05) is 17.2 Å². The van der Waals surface area contributed by atoms with E-state index in [0.29, 0.717) is 29.5 Å². The molecule has 0 spiro atoms. The van der Waals surface area contributed by atoms with Crippen molar-refractivity contribution < 1.29 is 0 Å². The Balaban J connectivity index is 1.88. The Labute approximate surface area is 147 Å². The molecule has 1 aliphatic carbocycles. The fraction of sp³-hybridized carbons (Fsp3) is 0.444. The summed E-state index contributed by atoms with van der Waals surface area (Å²) in [6, 6.07) is 4.08. The largest absolute Gasteiger partial charge is 0.366 e. The second-order valence-electron chi connectivity index (χ2n) is 6.75. The maximum atomic E-state index is 9.15. The maximum Gasteiger partial charge on any atom is 0.223 e. The van der Waals surface area contributed by atoms with Gasteiger partial charge in [0.1, 0.15) is 17.3 Å². The minimum atomic E-state index is 0.137. The zero-order valence-electron chi connectivity index (χ0n) is 14.6. The van der Waals surface area contributed by atoms with Crippen LogP contribution in [0.4, 0.5) is 11.8 Å². The van der Waals surface area contributed by atoms with Gasteiger partial charge >= 0.3 is 0 Å². The van der Waals surface area contributed by atoms with Gasteiger partial charge in [0.05, 0.1) is 0 Å².